The largest absolute Gasteiger partial charge is 0.456 e. The number of hydrogen-bond acceptors (Lipinski definition) is 3. The Hall–Kier alpha value is -7.92. The molecule has 0 unspecified atom stereocenters. The molecule has 0 amide bonds. The molecule has 2 heterocycles. The zero-order valence-corrected chi connectivity index (χ0v) is 29.9. The normalized spacial score (nSPS) is 11.5. The van der Waals surface area contributed by atoms with E-state index in [2.05, 4.69) is 132 Å². The lowest BCUT2D eigenvalue weighted by Gasteiger charge is -2.19. The van der Waals surface area contributed by atoms with Crippen LogP contribution in [-0.4, -0.2) is 0 Å². The Kier molecular flexibility index (Phi) is 6.95. The molecule has 0 aliphatic carbocycles. The Morgan fingerprint density at radius 3 is 1.27 bits per heavy atom. The van der Waals surface area contributed by atoms with Crippen molar-refractivity contribution < 1.29 is 8.83 Å². The molecule has 11 rings (SSSR count). The van der Waals surface area contributed by atoms with Crippen LogP contribution in [0.1, 0.15) is 5.56 Å². The number of benzene rings is 9. The van der Waals surface area contributed by atoms with Gasteiger partial charge in [-0.3, -0.25) is 0 Å². The van der Waals surface area contributed by atoms with Crippen molar-refractivity contribution in [3.8, 4) is 50.6 Å². The summed E-state index contributed by atoms with van der Waals surface area (Å²) in [6, 6.07) is 61.1. The van der Waals surface area contributed by atoms with Crippen LogP contribution in [0.25, 0.3) is 115 Å². The van der Waals surface area contributed by atoms with Crippen LogP contribution >= 0.6 is 0 Å². The molecule has 0 spiro atoms. The van der Waals surface area contributed by atoms with E-state index < -0.39 is 0 Å². The van der Waals surface area contributed by atoms with Crippen molar-refractivity contribution in [1.82, 2.24) is 0 Å². The van der Waals surface area contributed by atoms with Crippen molar-refractivity contribution in [2.24, 2.45) is 0 Å². The van der Waals surface area contributed by atoms with Crippen LogP contribution in [-0.2, 0) is 0 Å². The first-order valence-corrected chi connectivity index (χ1v) is 18.5. The van der Waals surface area contributed by atoms with E-state index in [-0.39, 0.29) is 0 Å². The number of nitriles is 1. The lowest BCUT2D eigenvalue weighted by molar-refractivity contribution is 0.668. The summed E-state index contributed by atoms with van der Waals surface area (Å²) in [4.78, 5) is 3.66. The highest BCUT2D eigenvalue weighted by atomic mass is 16.3. The van der Waals surface area contributed by atoms with Gasteiger partial charge in [-0.25, -0.2) is 4.85 Å². The Labute approximate surface area is 321 Å². The molecular formula is C52H28N2O2. The summed E-state index contributed by atoms with van der Waals surface area (Å²) in [6.45, 7) is 7.56. The second-order valence-electron chi connectivity index (χ2n) is 14.2. The van der Waals surface area contributed by atoms with Crippen molar-refractivity contribution >= 4 is 71.1 Å². The van der Waals surface area contributed by atoms with Crippen molar-refractivity contribution in [2.75, 3.05) is 0 Å². The Morgan fingerprint density at radius 2 is 0.786 bits per heavy atom. The molecular weight excluding hydrogens is 685 g/mol. The molecule has 0 saturated carbocycles. The first kappa shape index (κ1) is 31.6. The van der Waals surface area contributed by atoms with Gasteiger partial charge < -0.3 is 8.83 Å². The molecule has 0 aliphatic heterocycles. The maximum Gasteiger partial charge on any atom is 0.188 e. The molecule has 56 heavy (non-hydrogen) atoms. The second-order valence-corrected chi connectivity index (χ2v) is 14.2. The molecule has 0 aliphatic rings. The summed E-state index contributed by atoms with van der Waals surface area (Å²) in [5.41, 5.74) is 13.4. The van der Waals surface area contributed by atoms with Gasteiger partial charge in [0.25, 0.3) is 0 Å². The summed E-state index contributed by atoms with van der Waals surface area (Å²) in [5.74, 6) is 0. The Morgan fingerprint density at radius 1 is 0.375 bits per heavy atom. The number of hydrogen-bond donors (Lipinski definition) is 0. The SMILES string of the molecule is [C-]#[N+]c1ccc2oc3ccc(-c4ccc5c(-c6ccccc6)c6cc(-c7ccc8oc9ccc(C#N)cc9c8c7)ccc6c(-c6ccccc6)c5c4)cc3c2c1. The van der Waals surface area contributed by atoms with Crippen molar-refractivity contribution in [1.29, 1.82) is 5.26 Å². The minimum Gasteiger partial charge on any atom is -0.456 e. The third-order valence-electron chi connectivity index (χ3n) is 11.1. The fourth-order valence-corrected chi connectivity index (χ4v) is 8.46. The zero-order chi connectivity index (χ0) is 37.3. The summed E-state index contributed by atoms with van der Waals surface area (Å²) in [7, 11) is 0. The lowest BCUT2D eigenvalue weighted by Crippen LogP contribution is -1.92. The fraction of sp³-hybridized carbons (Fsp3) is 0. The molecule has 0 fully saturated rings. The minimum absolute atomic E-state index is 0.594. The first-order valence-electron chi connectivity index (χ1n) is 18.5. The van der Waals surface area contributed by atoms with Gasteiger partial charge in [-0.2, -0.15) is 5.26 Å². The van der Waals surface area contributed by atoms with Gasteiger partial charge in [-0.1, -0.05) is 103 Å². The number of nitrogens with zero attached hydrogens (tertiary/aromatic N) is 2. The smallest absolute Gasteiger partial charge is 0.188 e. The van der Waals surface area contributed by atoms with Gasteiger partial charge in [0.05, 0.1) is 18.2 Å². The van der Waals surface area contributed by atoms with E-state index in [4.69, 9.17) is 15.4 Å². The number of furan rings is 2. The molecule has 4 heteroatoms. The summed E-state index contributed by atoms with van der Waals surface area (Å²) >= 11 is 0. The van der Waals surface area contributed by atoms with Gasteiger partial charge in [0, 0.05) is 21.5 Å². The highest BCUT2D eigenvalue weighted by Crippen LogP contribution is 2.46. The van der Waals surface area contributed by atoms with E-state index in [1.54, 1.807) is 12.1 Å². The predicted octanol–water partition coefficient (Wildman–Crippen LogP) is 14.9. The third-order valence-corrected chi connectivity index (χ3v) is 11.1. The molecule has 11 aromatic rings. The van der Waals surface area contributed by atoms with E-state index in [1.165, 1.54) is 32.7 Å². The van der Waals surface area contributed by atoms with E-state index in [0.717, 1.165) is 77.3 Å². The van der Waals surface area contributed by atoms with Crippen molar-refractivity contribution in [3.63, 3.8) is 0 Å². The zero-order valence-electron chi connectivity index (χ0n) is 29.9. The van der Waals surface area contributed by atoms with Crippen LogP contribution in [0.3, 0.4) is 0 Å². The van der Waals surface area contributed by atoms with Gasteiger partial charge in [0.1, 0.15) is 22.3 Å². The maximum absolute atomic E-state index is 9.60. The highest BCUT2D eigenvalue weighted by molar-refractivity contribution is 6.23. The summed E-state index contributed by atoms with van der Waals surface area (Å²) < 4.78 is 12.3. The molecule has 0 bridgehead atoms. The fourth-order valence-electron chi connectivity index (χ4n) is 8.46. The average molecular weight is 713 g/mol. The minimum atomic E-state index is 0.594. The molecule has 0 N–H and O–H groups in total. The number of rotatable bonds is 4. The summed E-state index contributed by atoms with van der Waals surface area (Å²) in [6.07, 6.45) is 0. The molecule has 0 atom stereocenters. The van der Waals surface area contributed by atoms with E-state index in [9.17, 15) is 5.26 Å². The van der Waals surface area contributed by atoms with Crippen molar-refractivity contribution in [3.05, 3.63) is 187 Å². The second kappa shape index (κ2) is 12.3. The first-order chi connectivity index (χ1) is 27.6. The van der Waals surface area contributed by atoms with Gasteiger partial charge >= 0.3 is 0 Å². The van der Waals surface area contributed by atoms with Crippen LogP contribution in [0.15, 0.2) is 179 Å². The Bertz CT molecular complexity index is 3250. The van der Waals surface area contributed by atoms with Gasteiger partial charge in [0.15, 0.2) is 5.69 Å². The van der Waals surface area contributed by atoms with Crippen LogP contribution < -0.4 is 0 Å². The maximum atomic E-state index is 9.60. The van der Waals surface area contributed by atoms with Crippen LogP contribution in [0.2, 0.25) is 0 Å². The van der Waals surface area contributed by atoms with Crippen molar-refractivity contribution in [2.45, 2.75) is 0 Å². The molecule has 0 saturated heterocycles. The van der Waals surface area contributed by atoms with Crippen LogP contribution in [0.5, 0.6) is 0 Å². The average Bonchev–Trinajstić information content (AvgIpc) is 3.82. The van der Waals surface area contributed by atoms with E-state index >= 15 is 0 Å². The Balaban J connectivity index is 1.17. The standard InChI is InChI=1S/C52H28N2O2/c1-54-38-17-23-50-44(29-38)43-26-37(16-22-49(43)56-50)35-14-19-40-46(28-35)52(33-10-6-3-7-11-33)39-18-13-34(27-45(39)51(40)32-8-4-2-5-9-32)36-15-21-48-42(25-36)41-24-31(30-53)12-20-47(41)55-48/h2-29H. The quantitative estimate of drug-likeness (QED) is 0.135. The molecule has 258 valence electrons. The predicted molar refractivity (Wildman–Crippen MR) is 229 cm³/mol. The molecule has 0 radical (unpaired) electrons. The highest BCUT2D eigenvalue weighted by Gasteiger charge is 2.19. The topological polar surface area (TPSA) is 54.4 Å². The number of fused-ring (bicyclic) bond motifs is 8. The molecule has 9 aromatic carbocycles. The summed E-state index contributed by atoms with van der Waals surface area (Å²) in [5, 5.41) is 18.1. The van der Waals surface area contributed by atoms with Gasteiger partial charge in [0.2, 0.25) is 0 Å². The lowest BCUT2D eigenvalue weighted by atomic mass is 9.84. The third kappa shape index (κ3) is 4.91. The van der Waals surface area contributed by atoms with Crippen LogP contribution in [0.4, 0.5) is 5.69 Å². The van der Waals surface area contributed by atoms with E-state index in [0.29, 0.717) is 11.3 Å². The molecule has 2 aromatic heterocycles. The monoisotopic (exact) mass is 712 g/mol. The van der Waals surface area contributed by atoms with E-state index in [1.807, 2.05) is 36.4 Å². The van der Waals surface area contributed by atoms with Crippen LogP contribution in [0, 0.1) is 17.9 Å². The van der Waals surface area contributed by atoms with Gasteiger partial charge in [-0.15, -0.1) is 0 Å². The molecule has 4 nitrogen and oxygen atoms in total. The van der Waals surface area contributed by atoms with Gasteiger partial charge in [-0.05, 0) is 133 Å².